The Kier molecular flexibility index (Phi) is 5.50. The highest BCUT2D eigenvalue weighted by Gasteiger charge is 2.29. The van der Waals surface area contributed by atoms with Crippen molar-refractivity contribution in [2.24, 2.45) is 0 Å². The summed E-state index contributed by atoms with van der Waals surface area (Å²) < 4.78 is 0. The first-order valence-corrected chi connectivity index (χ1v) is 11.8. The zero-order valence-corrected chi connectivity index (χ0v) is 19.2. The summed E-state index contributed by atoms with van der Waals surface area (Å²) in [5, 5.41) is 7.45. The second-order valence-electron chi connectivity index (χ2n) is 8.35. The summed E-state index contributed by atoms with van der Waals surface area (Å²) in [5.74, 6) is 0.611. The lowest BCUT2D eigenvalue weighted by atomic mass is 10.0. The van der Waals surface area contributed by atoms with E-state index in [0.29, 0.717) is 12.0 Å². The number of aromatic nitrogens is 3. The summed E-state index contributed by atoms with van der Waals surface area (Å²) in [6, 6.07) is 9.31. The standard InChI is InChI=1S/C23H29N7S/c1-15-14-25-22(28-20(15)21-16(2)26-23(24-3)31-21)27-17-5-4-6-19(13-17)30-12-11-29-9-7-18(30)8-10-29/h4-6,13-14,18H,7-12H2,1-3H3,(H,24,26)(H,25,27,28). The highest BCUT2D eigenvalue weighted by molar-refractivity contribution is 7.19. The molecule has 5 heterocycles. The number of rotatable bonds is 5. The molecular formula is C23H29N7S. The molecule has 0 unspecified atom stereocenters. The topological polar surface area (TPSA) is 69.2 Å². The minimum atomic E-state index is 0.611. The Hall–Kier alpha value is -2.71. The van der Waals surface area contributed by atoms with Gasteiger partial charge in [-0.3, -0.25) is 0 Å². The van der Waals surface area contributed by atoms with Crippen LogP contribution in [-0.4, -0.2) is 59.1 Å². The monoisotopic (exact) mass is 435 g/mol. The van der Waals surface area contributed by atoms with Gasteiger partial charge in [-0.05, 0) is 50.5 Å². The number of anilines is 4. The summed E-state index contributed by atoms with van der Waals surface area (Å²) in [6.07, 6.45) is 4.39. The fourth-order valence-electron chi connectivity index (χ4n) is 4.57. The smallest absolute Gasteiger partial charge is 0.227 e. The first-order chi connectivity index (χ1) is 15.1. The van der Waals surface area contributed by atoms with Gasteiger partial charge in [0.25, 0.3) is 0 Å². The predicted molar refractivity (Wildman–Crippen MR) is 129 cm³/mol. The van der Waals surface area contributed by atoms with Crippen LogP contribution in [0.3, 0.4) is 0 Å². The van der Waals surface area contributed by atoms with Crippen molar-refractivity contribution in [1.29, 1.82) is 0 Å². The fraction of sp³-hybridized carbons (Fsp3) is 0.435. The van der Waals surface area contributed by atoms with Gasteiger partial charge in [0.05, 0.1) is 16.3 Å². The third-order valence-corrected chi connectivity index (χ3v) is 7.47. The Morgan fingerprint density at radius 1 is 1.06 bits per heavy atom. The van der Waals surface area contributed by atoms with Gasteiger partial charge in [0, 0.05) is 56.8 Å². The Morgan fingerprint density at radius 3 is 2.68 bits per heavy atom. The number of hydrogen-bond donors (Lipinski definition) is 2. The summed E-state index contributed by atoms with van der Waals surface area (Å²) in [7, 11) is 1.89. The van der Waals surface area contributed by atoms with Gasteiger partial charge >= 0.3 is 0 Å². The highest BCUT2D eigenvalue weighted by atomic mass is 32.1. The Bertz CT molecular complexity index is 1070. The molecule has 31 heavy (non-hydrogen) atoms. The summed E-state index contributed by atoms with van der Waals surface area (Å²) in [4.78, 5) is 20.2. The summed E-state index contributed by atoms with van der Waals surface area (Å²) in [6.45, 7) is 8.77. The molecule has 3 aromatic rings. The van der Waals surface area contributed by atoms with Crippen LogP contribution in [0.25, 0.3) is 10.6 Å². The minimum Gasteiger partial charge on any atom is -0.367 e. The van der Waals surface area contributed by atoms with Crippen molar-refractivity contribution in [2.75, 3.05) is 48.8 Å². The molecule has 3 aliphatic rings. The highest BCUT2D eigenvalue weighted by Crippen LogP contribution is 2.34. The van der Waals surface area contributed by atoms with Gasteiger partial charge in [-0.15, -0.1) is 0 Å². The molecular weight excluding hydrogens is 406 g/mol. The molecule has 3 fully saturated rings. The molecule has 6 rings (SSSR count). The Balaban J connectivity index is 1.40. The van der Waals surface area contributed by atoms with Crippen molar-refractivity contribution in [3.05, 3.63) is 41.7 Å². The lowest BCUT2D eigenvalue weighted by Gasteiger charge is -2.33. The lowest BCUT2D eigenvalue weighted by Crippen LogP contribution is -2.37. The lowest BCUT2D eigenvalue weighted by molar-refractivity contribution is 0.250. The van der Waals surface area contributed by atoms with E-state index in [1.54, 1.807) is 11.3 Å². The van der Waals surface area contributed by atoms with Gasteiger partial charge in [0.1, 0.15) is 0 Å². The fourth-order valence-corrected chi connectivity index (χ4v) is 5.55. The molecule has 1 aromatic carbocycles. The summed E-state index contributed by atoms with van der Waals surface area (Å²) >= 11 is 1.62. The van der Waals surface area contributed by atoms with Gasteiger partial charge in [0.2, 0.25) is 5.95 Å². The first kappa shape index (κ1) is 20.2. The van der Waals surface area contributed by atoms with E-state index in [1.165, 1.54) is 31.6 Å². The van der Waals surface area contributed by atoms with Crippen molar-refractivity contribution in [3.63, 3.8) is 0 Å². The van der Waals surface area contributed by atoms with Crippen molar-refractivity contribution in [1.82, 2.24) is 19.9 Å². The number of thiazole rings is 1. The van der Waals surface area contributed by atoms with Gasteiger partial charge in [-0.25, -0.2) is 15.0 Å². The van der Waals surface area contributed by atoms with E-state index in [4.69, 9.17) is 4.98 Å². The number of nitrogens with zero attached hydrogens (tertiary/aromatic N) is 5. The molecule has 0 saturated carbocycles. The zero-order valence-electron chi connectivity index (χ0n) is 18.4. The zero-order chi connectivity index (χ0) is 21.4. The molecule has 3 saturated heterocycles. The van der Waals surface area contributed by atoms with E-state index in [9.17, 15) is 0 Å². The van der Waals surface area contributed by atoms with Crippen LogP contribution < -0.4 is 15.5 Å². The number of hydrogen-bond acceptors (Lipinski definition) is 8. The molecule has 162 valence electrons. The maximum atomic E-state index is 4.84. The maximum Gasteiger partial charge on any atom is 0.227 e. The predicted octanol–water partition coefficient (Wildman–Crippen LogP) is 4.29. The van der Waals surface area contributed by atoms with Crippen molar-refractivity contribution in [2.45, 2.75) is 32.7 Å². The molecule has 3 aliphatic heterocycles. The van der Waals surface area contributed by atoms with E-state index >= 15 is 0 Å². The number of aryl methyl sites for hydroxylation is 2. The Morgan fingerprint density at radius 2 is 1.90 bits per heavy atom. The third-order valence-electron chi connectivity index (χ3n) is 6.29. The number of piperidine rings is 1. The first-order valence-electron chi connectivity index (χ1n) is 11.0. The molecule has 0 atom stereocenters. The summed E-state index contributed by atoms with van der Waals surface area (Å²) in [5.41, 5.74) is 5.26. The van der Waals surface area contributed by atoms with Crippen LogP contribution in [0, 0.1) is 13.8 Å². The van der Waals surface area contributed by atoms with Crippen LogP contribution in [0.5, 0.6) is 0 Å². The molecule has 2 N–H and O–H groups in total. The van der Waals surface area contributed by atoms with Crippen LogP contribution in [0.15, 0.2) is 30.5 Å². The van der Waals surface area contributed by atoms with Gasteiger partial charge in [-0.1, -0.05) is 17.4 Å². The van der Waals surface area contributed by atoms with Gasteiger partial charge < -0.3 is 20.4 Å². The second kappa shape index (κ2) is 8.43. The maximum absolute atomic E-state index is 4.84. The average molecular weight is 436 g/mol. The quantitative estimate of drug-likeness (QED) is 0.620. The number of nitrogens with one attached hydrogen (secondary N) is 2. The van der Waals surface area contributed by atoms with Gasteiger partial charge in [0.15, 0.2) is 5.13 Å². The molecule has 0 amide bonds. The minimum absolute atomic E-state index is 0.611. The molecule has 8 heteroatoms. The Labute approximate surface area is 187 Å². The molecule has 2 aromatic heterocycles. The molecule has 0 radical (unpaired) electrons. The number of benzene rings is 1. The van der Waals surface area contributed by atoms with Gasteiger partial charge in [-0.2, -0.15) is 0 Å². The van der Waals surface area contributed by atoms with E-state index in [1.807, 2.05) is 27.1 Å². The van der Waals surface area contributed by atoms with Crippen molar-refractivity contribution in [3.8, 4) is 10.6 Å². The normalized spacial score (nSPS) is 20.5. The van der Waals surface area contributed by atoms with Crippen LogP contribution in [0.1, 0.15) is 24.1 Å². The van der Waals surface area contributed by atoms with Crippen LogP contribution in [0.2, 0.25) is 0 Å². The molecule has 0 aliphatic carbocycles. The molecule has 0 spiro atoms. The third kappa shape index (κ3) is 4.09. The number of fused-ring (bicyclic) bond motifs is 4. The molecule has 7 nitrogen and oxygen atoms in total. The SMILES string of the molecule is CNc1nc(C)c(-c2nc(Nc3cccc(N4CCN5CCC4CC5)c3)ncc2C)s1. The van der Waals surface area contributed by atoms with E-state index in [2.05, 4.69) is 54.7 Å². The second-order valence-corrected chi connectivity index (χ2v) is 9.35. The average Bonchev–Trinajstić information content (AvgIpc) is 2.94. The van der Waals surface area contributed by atoms with E-state index in [-0.39, 0.29) is 0 Å². The van der Waals surface area contributed by atoms with E-state index < -0.39 is 0 Å². The van der Waals surface area contributed by atoms with Crippen LogP contribution >= 0.6 is 11.3 Å². The molecule has 2 bridgehead atoms. The van der Waals surface area contributed by atoms with Crippen LogP contribution in [0.4, 0.5) is 22.5 Å². The largest absolute Gasteiger partial charge is 0.367 e. The van der Waals surface area contributed by atoms with E-state index in [0.717, 1.165) is 45.7 Å². The van der Waals surface area contributed by atoms with Crippen molar-refractivity contribution < 1.29 is 0 Å². The van der Waals surface area contributed by atoms with Crippen LogP contribution in [-0.2, 0) is 0 Å². The van der Waals surface area contributed by atoms with Crippen molar-refractivity contribution >= 4 is 33.8 Å².